The molecule has 3 heterocycles. The number of esters is 1. The zero-order valence-electron chi connectivity index (χ0n) is 13.1. The quantitative estimate of drug-likeness (QED) is 0.819. The lowest BCUT2D eigenvalue weighted by Gasteiger charge is -2.38. The second-order valence-corrected chi connectivity index (χ2v) is 6.06. The summed E-state index contributed by atoms with van der Waals surface area (Å²) in [6.45, 7) is 1.06. The van der Waals surface area contributed by atoms with Crippen LogP contribution in [0.25, 0.3) is 0 Å². The number of urea groups is 1. The van der Waals surface area contributed by atoms with E-state index in [1.165, 1.54) is 0 Å². The fraction of sp³-hybridized carbons (Fsp3) is 0.278. The lowest BCUT2D eigenvalue weighted by molar-refractivity contribution is -0.0363. The fourth-order valence-corrected chi connectivity index (χ4v) is 3.41. The molecule has 1 fully saturated rings. The number of ether oxygens (including phenoxy) is 1. The second-order valence-electron chi connectivity index (χ2n) is 6.06. The topological polar surface area (TPSA) is 71.5 Å². The number of carbonyl (C=O) groups is 2. The molecule has 2 amide bonds. The fourth-order valence-electron chi connectivity index (χ4n) is 3.41. The summed E-state index contributed by atoms with van der Waals surface area (Å²) in [7, 11) is 0. The van der Waals surface area contributed by atoms with E-state index in [4.69, 9.17) is 4.74 Å². The number of nitrogens with one attached hydrogen (secondary N) is 1. The number of pyridine rings is 1. The van der Waals surface area contributed by atoms with Gasteiger partial charge in [0, 0.05) is 37.7 Å². The standard InChI is InChI=1S/C18H17N3O3/c22-16-13-5-1-2-6-14(13)18(24-16)8-11-21(12-9-18)17(23)20-15-7-3-4-10-19-15/h1-7,10H,8-9,11-12H2,(H,19,20,23). The summed E-state index contributed by atoms with van der Waals surface area (Å²) in [5.74, 6) is 0.261. The molecule has 2 aromatic rings. The smallest absolute Gasteiger partial charge is 0.339 e. The first-order valence-corrected chi connectivity index (χ1v) is 7.98. The van der Waals surface area contributed by atoms with Crippen molar-refractivity contribution in [3.05, 3.63) is 59.8 Å². The van der Waals surface area contributed by atoms with Gasteiger partial charge in [0.05, 0.1) is 5.56 Å². The maximum absolute atomic E-state index is 12.3. The SMILES string of the molecule is O=C1OC2(CCN(C(=O)Nc3ccccn3)CC2)c2ccccc21. The summed E-state index contributed by atoms with van der Waals surface area (Å²) in [4.78, 5) is 30.2. The Labute approximate surface area is 139 Å². The Hall–Kier alpha value is -2.89. The second kappa shape index (κ2) is 5.63. The molecule has 4 rings (SSSR count). The van der Waals surface area contributed by atoms with Crippen molar-refractivity contribution in [1.29, 1.82) is 0 Å². The van der Waals surface area contributed by atoms with Gasteiger partial charge in [-0.25, -0.2) is 14.6 Å². The summed E-state index contributed by atoms with van der Waals surface area (Å²) >= 11 is 0. The van der Waals surface area contributed by atoms with Crippen molar-refractivity contribution in [3.63, 3.8) is 0 Å². The van der Waals surface area contributed by atoms with Crippen LogP contribution in [-0.4, -0.2) is 35.0 Å². The predicted molar refractivity (Wildman–Crippen MR) is 87.6 cm³/mol. The monoisotopic (exact) mass is 323 g/mol. The molecule has 122 valence electrons. The van der Waals surface area contributed by atoms with Crippen LogP contribution in [0, 0.1) is 0 Å². The number of fused-ring (bicyclic) bond motifs is 2. The molecule has 1 N–H and O–H groups in total. The maximum Gasteiger partial charge on any atom is 0.339 e. The lowest BCUT2D eigenvalue weighted by Crippen LogP contribution is -2.46. The Morgan fingerprint density at radius 3 is 2.62 bits per heavy atom. The van der Waals surface area contributed by atoms with Crippen molar-refractivity contribution in [2.45, 2.75) is 18.4 Å². The van der Waals surface area contributed by atoms with Gasteiger partial charge in [-0.3, -0.25) is 5.32 Å². The Kier molecular flexibility index (Phi) is 3.45. The lowest BCUT2D eigenvalue weighted by atomic mass is 9.84. The van der Waals surface area contributed by atoms with E-state index < -0.39 is 5.60 Å². The molecule has 2 aliphatic rings. The number of aromatic nitrogens is 1. The molecule has 24 heavy (non-hydrogen) atoms. The average Bonchev–Trinajstić information content (AvgIpc) is 2.89. The van der Waals surface area contributed by atoms with E-state index in [0.29, 0.717) is 37.3 Å². The summed E-state index contributed by atoms with van der Waals surface area (Å²) in [5.41, 5.74) is 0.999. The van der Waals surface area contributed by atoms with Gasteiger partial charge in [-0.05, 0) is 18.2 Å². The van der Waals surface area contributed by atoms with E-state index in [1.807, 2.05) is 24.3 Å². The highest BCUT2D eigenvalue weighted by Gasteiger charge is 2.47. The van der Waals surface area contributed by atoms with E-state index in [9.17, 15) is 9.59 Å². The van der Waals surface area contributed by atoms with Crippen molar-refractivity contribution in [1.82, 2.24) is 9.88 Å². The first-order valence-electron chi connectivity index (χ1n) is 7.98. The normalized spacial score (nSPS) is 18.2. The molecule has 0 unspecified atom stereocenters. The van der Waals surface area contributed by atoms with Gasteiger partial charge in [0.1, 0.15) is 11.4 Å². The highest BCUT2D eigenvalue weighted by atomic mass is 16.6. The summed E-state index contributed by atoms with van der Waals surface area (Å²) in [5, 5.41) is 2.79. The van der Waals surface area contributed by atoms with Gasteiger partial charge in [0.2, 0.25) is 0 Å². The zero-order chi connectivity index (χ0) is 16.6. The third kappa shape index (κ3) is 2.40. The van der Waals surface area contributed by atoms with E-state index in [1.54, 1.807) is 29.3 Å². The number of benzene rings is 1. The molecule has 6 heteroatoms. The number of likely N-dealkylation sites (tertiary alicyclic amines) is 1. The number of hydrogen-bond acceptors (Lipinski definition) is 4. The molecular weight excluding hydrogens is 306 g/mol. The molecule has 1 saturated heterocycles. The molecule has 1 aromatic heterocycles. The van der Waals surface area contributed by atoms with E-state index in [2.05, 4.69) is 10.3 Å². The summed E-state index contributed by atoms with van der Waals surface area (Å²) in [6.07, 6.45) is 2.84. The largest absolute Gasteiger partial charge is 0.450 e. The van der Waals surface area contributed by atoms with Crippen LogP contribution in [0.2, 0.25) is 0 Å². The molecule has 6 nitrogen and oxygen atoms in total. The predicted octanol–water partition coefficient (Wildman–Crippen LogP) is 2.78. The average molecular weight is 323 g/mol. The molecule has 0 radical (unpaired) electrons. The molecule has 1 spiro atoms. The van der Waals surface area contributed by atoms with Crippen molar-refractivity contribution in [2.75, 3.05) is 18.4 Å². The van der Waals surface area contributed by atoms with Crippen LogP contribution in [0.15, 0.2) is 48.7 Å². The van der Waals surface area contributed by atoms with Gasteiger partial charge in [0.15, 0.2) is 0 Å². The maximum atomic E-state index is 12.3. The number of hydrogen-bond donors (Lipinski definition) is 1. The van der Waals surface area contributed by atoms with Gasteiger partial charge in [-0.1, -0.05) is 24.3 Å². The minimum Gasteiger partial charge on any atom is -0.450 e. The van der Waals surface area contributed by atoms with Gasteiger partial charge in [-0.15, -0.1) is 0 Å². The third-order valence-electron chi connectivity index (χ3n) is 4.68. The van der Waals surface area contributed by atoms with Gasteiger partial charge in [-0.2, -0.15) is 0 Å². The third-order valence-corrected chi connectivity index (χ3v) is 4.68. The molecule has 2 aliphatic heterocycles. The summed E-state index contributed by atoms with van der Waals surface area (Å²) < 4.78 is 5.70. The van der Waals surface area contributed by atoms with Crippen molar-refractivity contribution >= 4 is 17.8 Å². The van der Waals surface area contributed by atoms with Crippen LogP contribution < -0.4 is 5.32 Å². The van der Waals surface area contributed by atoms with Crippen LogP contribution >= 0.6 is 0 Å². The van der Waals surface area contributed by atoms with Crippen molar-refractivity contribution in [3.8, 4) is 0 Å². The number of nitrogens with zero attached hydrogens (tertiary/aromatic N) is 2. The minimum absolute atomic E-state index is 0.179. The molecule has 1 aromatic carbocycles. The molecule has 0 atom stereocenters. The van der Waals surface area contributed by atoms with E-state index in [-0.39, 0.29) is 12.0 Å². The van der Waals surface area contributed by atoms with E-state index in [0.717, 1.165) is 5.56 Å². The first kappa shape index (κ1) is 14.7. The number of carbonyl (C=O) groups excluding carboxylic acids is 2. The Balaban J connectivity index is 1.46. The summed E-state index contributed by atoms with van der Waals surface area (Å²) in [6, 6.07) is 12.7. The zero-order valence-corrected chi connectivity index (χ0v) is 13.1. The number of amides is 2. The molecule has 0 bridgehead atoms. The molecule has 0 saturated carbocycles. The van der Waals surface area contributed by atoms with Crippen LogP contribution in [0.3, 0.4) is 0 Å². The van der Waals surface area contributed by atoms with Crippen LogP contribution in [0.1, 0.15) is 28.8 Å². The van der Waals surface area contributed by atoms with Crippen molar-refractivity contribution < 1.29 is 14.3 Å². The van der Waals surface area contributed by atoms with Gasteiger partial charge >= 0.3 is 12.0 Å². The number of anilines is 1. The van der Waals surface area contributed by atoms with Gasteiger partial charge in [0.25, 0.3) is 0 Å². The first-order chi connectivity index (χ1) is 11.7. The number of piperidine rings is 1. The Morgan fingerprint density at radius 2 is 1.88 bits per heavy atom. The van der Waals surface area contributed by atoms with Gasteiger partial charge < -0.3 is 9.64 Å². The molecule has 0 aliphatic carbocycles. The highest BCUT2D eigenvalue weighted by molar-refractivity contribution is 5.95. The molecular formula is C18H17N3O3. The highest BCUT2D eigenvalue weighted by Crippen LogP contribution is 2.43. The van der Waals surface area contributed by atoms with Crippen LogP contribution in [0.4, 0.5) is 10.6 Å². The number of rotatable bonds is 1. The van der Waals surface area contributed by atoms with E-state index >= 15 is 0 Å². The van der Waals surface area contributed by atoms with Crippen molar-refractivity contribution in [2.24, 2.45) is 0 Å². The van der Waals surface area contributed by atoms with Crippen LogP contribution in [-0.2, 0) is 10.3 Å². The van der Waals surface area contributed by atoms with Crippen LogP contribution in [0.5, 0.6) is 0 Å². The minimum atomic E-state index is -0.588. The Morgan fingerprint density at radius 1 is 1.12 bits per heavy atom. The Bertz CT molecular complexity index is 783.